The molecular weight excluding hydrogens is 355 g/mol. The van der Waals surface area contributed by atoms with Gasteiger partial charge in [0.25, 0.3) is 0 Å². The van der Waals surface area contributed by atoms with E-state index in [1.807, 2.05) is 0 Å². The summed E-state index contributed by atoms with van der Waals surface area (Å²) in [5, 5.41) is 0. The fourth-order valence-corrected chi connectivity index (χ4v) is 2.19. The van der Waals surface area contributed by atoms with E-state index in [1.54, 1.807) is 24.3 Å². The molecule has 4 nitrogen and oxygen atoms in total. The van der Waals surface area contributed by atoms with Gasteiger partial charge in [0.05, 0.1) is 18.2 Å². The van der Waals surface area contributed by atoms with Crippen LogP contribution in [0, 0.1) is 5.82 Å². The smallest absolute Gasteiger partial charge is 0.339 e. The number of halogens is 2. The van der Waals surface area contributed by atoms with E-state index in [0.717, 1.165) is 6.07 Å². The molecule has 22 heavy (non-hydrogen) atoms. The summed E-state index contributed by atoms with van der Waals surface area (Å²) in [5.74, 6) is -1.65. The van der Waals surface area contributed by atoms with Crippen LogP contribution in [-0.2, 0) is 16.1 Å². The third kappa shape index (κ3) is 3.92. The van der Waals surface area contributed by atoms with Crippen molar-refractivity contribution in [3.8, 4) is 0 Å². The minimum atomic E-state index is -0.658. The topological polar surface area (TPSA) is 52.6 Å². The Morgan fingerprint density at radius 3 is 2.64 bits per heavy atom. The van der Waals surface area contributed by atoms with E-state index in [1.165, 1.54) is 19.2 Å². The zero-order valence-electron chi connectivity index (χ0n) is 11.6. The average Bonchev–Trinajstić information content (AvgIpc) is 2.54. The van der Waals surface area contributed by atoms with Crippen molar-refractivity contribution in [3.63, 3.8) is 0 Å². The Balaban J connectivity index is 2.08. The SMILES string of the molecule is COC(=O)c1cccc(COC(=O)c2cc(F)ccc2Br)c1. The lowest BCUT2D eigenvalue weighted by atomic mass is 10.1. The standard InChI is InChI=1S/C16H12BrFO4/c1-21-15(19)11-4-2-3-10(7-11)9-22-16(20)13-8-12(18)5-6-14(13)17/h2-8H,9H2,1H3. The zero-order chi connectivity index (χ0) is 16.1. The number of methoxy groups -OCH3 is 1. The molecule has 0 radical (unpaired) electrons. The first kappa shape index (κ1) is 16.2. The van der Waals surface area contributed by atoms with Crippen molar-refractivity contribution >= 4 is 27.9 Å². The summed E-state index contributed by atoms with van der Waals surface area (Å²) in [4.78, 5) is 23.4. The summed E-state index contributed by atoms with van der Waals surface area (Å²) >= 11 is 3.17. The van der Waals surface area contributed by atoms with Gasteiger partial charge in [0.15, 0.2) is 0 Å². The van der Waals surface area contributed by atoms with Crippen LogP contribution in [0.15, 0.2) is 46.9 Å². The number of esters is 2. The molecule has 0 N–H and O–H groups in total. The molecule has 0 spiro atoms. The third-order valence-electron chi connectivity index (χ3n) is 2.87. The molecule has 0 unspecified atom stereocenters. The molecule has 2 rings (SSSR count). The van der Waals surface area contributed by atoms with Crippen LogP contribution in [0.4, 0.5) is 4.39 Å². The molecule has 0 amide bonds. The van der Waals surface area contributed by atoms with Gasteiger partial charge in [-0.2, -0.15) is 0 Å². The van der Waals surface area contributed by atoms with Gasteiger partial charge in [-0.05, 0) is 51.8 Å². The van der Waals surface area contributed by atoms with E-state index in [-0.39, 0.29) is 12.2 Å². The monoisotopic (exact) mass is 366 g/mol. The van der Waals surface area contributed by atoms with Gasteiger partial charge in [-0.3, -0.25) is 0 Å². The fraction of sp³-hybridized carbons (Fsp3) is 0.125. The molecule has 0 aliphatic rings. The van der Waals surface area contributed by atoms with Crippen molar-refractivity contribution in [2.45, 2.75) is 6.61 Å². The van der Waals surface area contributed by atoms with Crippen LogP contribution in [0.3, 0.4) is 0 Å². The number of carbonyl (C=O) groups excluding carboxylic acids is 2. The first-order chi connectivity index (χ1) is 10.5. The van der Waals surface area contributed by atoms with Gasteiger partial charge in [-0.25, -0.2) is 14.0 Å². The molecule has 0 fully saturated rings. The van der Waals surface area contributed by atoms with Gasteiger partial charge in [-0.1, -0.05) is 12.1 Å². The number of benzene rings is 2. The molecule has 0 saturated carbocycles. The summed E-state index contributed by atoms with van der Waals surface area (Å²) in [5.41, 5.74) is 1.09. The average molecular weight is 367 g/mol. The predicted molar refractivity (Wildman–Crippen MR) is 81.0 cm³/mol. The second kappa shape index (κ2) is 7.17. The summed E-state index contributed by atoms with van der Waals surface area (Å²) in [7, 11) is 1.29. The number of carbonyl (C=O) groups is 2. The van der Waals surface area contributed by atoms with E-state index >= 15 is 0 Å². The van der Waals surface area contributed by atoms with Crippen molar-refractivity contribution in [1.82, 2.24) is 0 Å². The zero-order valence-corrected chi connectivity index (χ0v) is 13.2. The van der Waals surface area contributed by atoms with Crippen LogP contribution in [0.5, 0.6) is 0 Å². The maximum atomic E-state index is 13.2. The molecule has 0 aliphatic heterocycles. The van der Waals surface area contributed by atoms with Crippen LogP contribution in [-0.4, -0.2) is 19.0 Å². The normalized spacial score (nSPS) is 10.1. The Bertz CT molecular complexity index is 715. The quantitative estimate of drug-likeness (QED) is 0.773. The van der Waals surface area contributed by atoms with Gasteiger partial charge < -0.3 is 9.47 Å². The largest absolute Gasteiger partial charge is 0.465 e. The Kier molecular flexibility index (Phi) is 5.27. The van der Waals surface area contributed by atoms with E-state index < -0.39 is 17.8 Å². The molecule has 0 bridgehead atoms. The van der Waals surface area contributed by atoms with Gasteiger partial charge >= 0.3 is 11.9 Å². The molecule has 0 aromatic heterocycles. The van der Waals surface area contributed by atoms with Crippen LogP contribution < -0.4 is 0 Å². The van der Waals surface area contributed by atoms with Crippen molar-refractivity contribution in [3.05, 3.63) is 69.4 Å². The maximum Gasteiger partial charge on any atom is 0.339 e. The van der Waals surface area contributed by atoms with Crippen molar-refractivity contribution in [2.24, 2.45) is 0 Å². The predicted octanol–water partition coefficient (Wildman–Crippen LogP) is 3.73. The van der Waals surface area contributed by atoms with Crippen LogP contribution in [0.25, 0.3) is 0 Å². The number of hydrogen-bond donors (Lipinski definition) is 0. The highest BCUT2D eigenvalue weighted by atomic mass is 79.9. The van der Waals surface area contributed by atoms with Crippen molar-refractivity contribution in [1.29, 1.82) is 0 Å². The van der Waals surface area contributed by atoms with E-state index in [0.29, 0.717) is 15.6 Å². The maximum absolute atomic E-state index is 13.2. The molecule has 114 valence electrons. The number of rotatable bonds is 4. The molecule has 0 saturated heterocycles. The third-order valence-corrected chi connectivity index (χ3v) is 3.56. The highest BCUT2D eigenvalue weighted by Crippen LogP contribution is 2.19. The van der Waals surface area contributed by atoms with Gasteiger partial charge in [0.2, 0.25) is 0 Å². The Morgan fingerprint density at radius 1 is 1.14 bits per heavy atom. The fourth-order valence-electron chi connectivity index (χ4n) is 1.79. The van der Waals surface area contributed by atoms with E-state index in [4.69, 9.17) is 4.74 Å². The lowest BCUT2D eigenvalue weighted by Crippen LogP contribution is -2.07. The Hall–Kier alpha value is -2.21. The minimum absolute atomic E-state index is 0.0351. The second-order valence-electron chi connectivity index (χ2n) is 4.39. The molecule has 6 heteroatoms. The van der Waals surface area contributed by atoms with Crippen molar-refractivity contribution in [2.75, 3.05) is 7.11 Å². The first-order valence-corrected chi connectivity index (χ1v) is 7.10. The lowest BCUT2D eigenvalue weighted by Gasteiger charge is -2.07. The van der Waals surface area contributed by atoms with Crippen LogP contribution in [0.2, 0.25) is 0 Å². The van der Waals surface area contributed by atoms with Crippen LogP contribution >= 0.6 is 15.9 Å². The summed E-state index contributed by atoms with van der Waals surface area (Å²) < 4.78 is 23.4. The Morgan fingerprint density at radius 2 is 1.91 bits per heavy atom. The van der Waals surface area contributed by atoms with Gasteiger partial charge in [0, 0.05) is 4.47 Å². The van der Waals surface area contributed by atoms with Crippen molar-refractivity contribution < 1.29 is 23.5 Å². The molecule has 2 aromatic carbocycles. The molecule has 0 heterocycles. The minimum Gasteiger partial charge on any atom is -0.465 e. The number of ether oxygens (including phenoxy) is 2. The second-order valence-corrected chi connectivity index (χ2v) is 5.25. The summed E-state index contributed by atoms with van der Waals surface area (Å²) in [6.45, 7) is -0.0351. The molecule has 0 atom stereocenters. The first-order valence-electron chi connectivity index (χ1n) is 6.30. The lowest BCUT2D eigenvalue weighted by molar-refractivity contribution is 0.0471. The summed E-state index contributed by atoms with van der Waals surface area (Å²) in [6, 6.07) is 10.3. The van der Waals surface area contributed by atoms with Crippen LogP contribution in [0.1, 0.15) is 26.3 Å². The number of hydrogen-bond acceptors (Lipinski definition) is 4. The molecular formula is C16H12BrFO4. The molecule has 2 aromatic rings. The molecule has 0 aliphatic carbocycles. The Labute approximate surface area is 135 Å². The summed E-state index contributed by atoms with van der Waals surface area (Å²) in [6.07, 6.45) is 0. The van der Waals surface area contributed by atoms with E-state index in [9.17, 15) is 14.0 Å². The van der Waals surface area contributed by atoms with E-state index in [2.05, 4.69) is 20.7 Å². The highest BCUT2D eigenvalue weighted by molar-refractivity contribution is 9.10. The van der Waals surface area contributed by atoms with Gasteiger partial charge in [0.1, 0.15) is 12.4 Å². The van der Waals surface area contributed by atoms with Gasteiger partial charge in [-0.15, -0.1) is 0 Å². The highest BCUT2D eigenvalue weighted by Gasteiger charge is 2.13.